The van der Waals surface area contributed by atoms with E-state index >= 15 is 0 Å². The van der Waals surface area contributed by atoms with Gasteiger partial charge >= 0.3 is 5.97 Å². The average molecular weight is 281 g/mol. The summed E-state index contributed by atoms with van der Waals surface area (Å²) in [6, 6.07) is 4.13. The lowest BCUT2D eigenvalue weighted by Crippen LogP contribution is -2.30. The van der Waals surface area contributed by atoms with Crippen molar-refractivity contribution in [2.75, 3.05) is 20.2 Å². The highest BCUT2D eigenvalue weighted by molar-refractivity contribution is 7.09. The van der Waals surface area contributed by atoms with E-state index in [4.69, 9.17) is 4.74 Å². The number of hydrogen-bond donors (Lipinski definition) is 0. The highest BCUT2D eigenvalue weighted by Crippen LogP contribution is 2.19. The topological polar surface area (TPSA) is 46.6 Å². The number of amides is 1. The van der Waals surface area contributed by atoms with Crippen LogP contribution in [-0.4, -0.2) is 37.0 Å². The fourth-order valence-electron chi connectivity index (χ4n) is 2.37. The summed E-state index contributed by atoms with van der Waals surface area (Å²) in [7, 11) is 1.40. The van der Waals surface area contributed by atoms with Crippen LogP contribution in [0.25, 0.3) is 0 Å². The van der Waals surface area contributed by atoms with Crippen LogP contribution in [0.3, 0.4) is 0 Å². The number of thiophene rings is 1. The first-order valence-electron chi connectivity index (χ1n) is 6.58. The van der Waals surface area contributed by atoms with Crippen molar-refractivity contribution in [1.82, 2.24) is 4.90 Å². The number of methoxy groups -OCH3 is 1. The molecule has 1 fully saturated rings. The van der Waals surface area contributed by atoms with Gasteiger partial charge in [0.15, 0.2) is 0 Å². The number of ether oxygens (including phenoxy) is 1. The van der Waals surface area contributed by atoms with Crippen LogP contribution in [-0.2, 0) is 20.7 Å². The first kappa shape index (κ1) is 14.1. The molecule has 0 saturated carbocycles. The molecule has 0 aromatic carbocycles. The Balaban J connectivity index is 1.71. The van der Waals surface area contributed by atoms with Gasteiger partial charge in [0.1, 0.15) is 0 Å². The molecule has 0 spiro atoms. The molecule has 1 aliphatic heterocycles. The number of carbonyl (C=O) groups excluding carboxylic acids is 2. The van der Waals surface area contributed by atoms with E-state index in [0.29, 0.717) is 19.5 Å². The van der Waals surface area contributed by atoms with Gasteiger partial charge in [0, 0.05) is 24.4 Å². The number of carbonyl (C=O) groups is 2. The van der Waals surface area contributed by atoms with Crippen molar-refractivity contribution in [3.05, 3.63) is 22.4 Å². The Morgan fingerprint density at radius 1 is 1.53 bits per heavy atom. The molecule has 19 heavy (non-hydrogen) atoms. The van der Waals surface area contributed by atoms with Crippen molar-refractivity contribution in [1.29, 1.82) is 0 Å². The fraction of sp³-hybridized carbons (Fsp3) is 0.571. The molecule has 1 aromatic heterocycles. The Bertz CT molecular complexity index is 430. The average Bonchev–Trinajstić information content (AvgIpc) is 3.08. The van der Waals surface area contributed by atoms with Crippen molar-refractivity contribution < 1.29 is 14.3 Å². The second kappa shape index (κ2) is 6.70. The van der Waals surface area contributed by atoms with E-state index < -0.39 is 0 Å². The molecule has 0 aliphatic carbocycles. The molecule has 2 rings (SSSR count). The number of rotatable bonds is 5. The highest BCUT2D eigenvalue weighted by atomic mass is 32.1. The molecule has 0 radical (unpaired) electrons. The maximum Gasteiger partial charge on any atom is 0.310 e. The zero-order valence-corrected chi connectivity index (χ0v) is 11.9. The Kier molecular flexibility index (Phi) is 4.96. The summed E-state index contributed by atoms with van der Waals surface area (Å²) >= 11 is 1.73. The number of likely N-dealkylation sites (tertiary alicyclic amines) is 1. The van der Waals surface area contributed by atoms with E-state index in [2.05, 4.69) is 11.4 Å². The Morgan fingerprint density at radius 2 is 2.37 bits per heavy atom. The number of esters is 1. The third kappa shape index (κ3) is 3.80. The minimum absolute atomic E-state index is 0.133. The lowest BCUT2D eigenvalue weighted by Gasteiger charge is -2.15. The third-order valence-corrected chi connectivity index (χ3v) is 4.41. The maximum absolute atomic E-state index is 12.0. The summed E-state index contributed by atoms with van der Waals surface area (Å²) in [6.07, 6.45) is 3.12. The molecular formula is C14H19NO3S. The number of hydrogen-bond acceptors (Lipinski definition) is 4. The van der Waals surface area contributed by atoms with Gasteiger partial charge in [-0.1, -0.05) is 6.07 Å². The number of aryl methyl sites for hydroxylation is 1. The van der Waals surface area contributed by atoms with Crippen molar-refractivity contribution in [3.8, 4) is 0 Å². The van der Waals surface area contributed by atoms with Gasteiger partial charge in [0.25, 0.3) is 0 Å². The van der Waals surface area contributed by atoms with Gasteiger partial charge in [-0.3, -0.25) is 9.59 Å². The molecule has 0 N–H and O–H groups in total. The van der Waals surface area contributed by atoms with E-state index in [1.165, 1.54) is 12.0 Å². The van der Waals surface area contributed by atoms with Crippen LogP contribution in [0.2, 0.25) is 0 Å². The van der Waals surface area contributed by atoms with Gasteiger partial charge in [-0.2, -0.15) is 0 Å². The van der Waals surface area contributed by atoms with Crippen LogP contribution in [0.4, 0.5) is 0 Å². The zero-order chi connectivity index (χ0) is 13.7. The third-order valence-electron chi connectivity index (χ3n) is 3.47. The fourth-order valence-corrected chi connectivity index (χ4v) is 3.12. The molecule has 104 valence electrons. The Morgan fingerprint density at radius 3 is 3.05 bits per heavy atom. The van der Waals surface area contributed by atoms with E-state index in [1.54, 1.807) is 16.2 Å². The highest BCUT2D eigenvalue weighted by Gasteiger charge is 2.31. The summed E-state index contributed by atoms with van der Waals surface area (Å²) in [5.41, 5.74) is 0. The summed E-state index contributed by atoms with van der Waals surface area (Å²) in [6.45, 7) is 1.20. The predicted octanol–water partition coefficient (Wildman–Crippen LogP) is 2.09. The maximum atomic E-state index is 12.0. The lowest BCUT2D eigenvalue weighted by molar-refractivity contribution is -0.145. The van der Waals surface area contributed by atoms with E-state index in [0.717, 1.165) is 19.3 Å². The van der Waals surface area contributed by atoms with Crippen molar-refractivity contribution in [2.45, 2.75) is 25.7 Å². The molecule has 1 atom stereocenters. The molecular weight excluding hydrogens is 262 g/mol. The van der Waals surface area contributed by atoms with E-state index in [9.17, 15) is 9.59 Å². The summed E-state index contributed by atoms with van der Waals surface area (Å²) in [4.78, 5) is 26.5. The second-order valence-corrected chi connectivity index (χ2v) is 5.81. The first-order valence-corrected chi connectivity index (χ1v) is 7.46. The van der Waals surface area contributed by atoms with E-state index in [-0.39, 0.29) is 17.8 Å². The van der Waals surface area contributed by atoms with Gasteiger partial charge in [-0.15, -0.1) is 11.3 Å². The Labute approximate surface area is 117 Å². The van der Waals surface area contributed by atoms with Gasteiger partial charge in [0.2, 0.25) is 5.91 Å². The van der Waals surface area contributed by atoms with Crippen LogP contribution in [0, 0.1) is 5.92 Å². The molecule has 1 aromatic rings. The molecule has 1 unspecified atom stereocenters. The molecule has 5 heteroatoms. The SMILES string of the molecule is COC(=O)C1CCN(C(=O)CCCc2cccs2)C1. The van der Waals surface area contributed by atoms with Crippen LogP contribution in [0.1, 0.15) is 24.1 Å². The molecule has 1 amide bonds. The van der Waals surface area contributed by atoms with Crippen LogP contribution in [0.15, 0.2) is 17.5 Å². The normalized spacial score (nSPS) is 18.6. The van der Waals surface area contributed by atoms with Crippen molar-refractivity contribution >= 4 is 23.2 Å². The second-order valence-electron chi connectivity index (χ2n) is 4.78. The summed E-state index contributed by atoms with van der Waals surface area (Å²) in [5.74, 6) is -0.178. The molecule has 1 aliphatic rings. The first-order chi connectivity index (χ1) is 9.20. The Hall–Kier alpha value is -1.36. The monoisotopic (exact) mass is 281 g/mol. The zero-order valence-electron chi connectivity index (χ0n) is 11.1. The van der Waals surface area contributed by atoms with Crippen LogP contribution in [0.5, 0.6) is 0 Å². The van der Waals surface area contributed by atoms with Crippen molar-refractivity contribution in [3.63, 3.8) is 0 Å². The molecule has 2 heterocycles. The number of nitrogens with zero attached hydrogens (tertiary/aromatic N) is 1. The van der Waals surface area contributed by atoms with Crippen LogP contribution < -0.4 is 0 Å². The minimum atomic E-state index is -0.200. The standard InChI is InChI=1S/C14H19NO3S/c1-18-14(17)11-7-8-15(10-11)13(16)6-2-4-12-5-3-9-19-12/h3,5,9,11H,2,4,6-8,10H2,1H3. The minimum Gasteiger partial charge on any atom is -0.469 e. The molecule has 1 saturated heterocycles. The lowest BCUT2D eigenvalue weighted by atomic mass is 10.1. The predicted molar refractivity (Wildman–Crippen MR) is 74.0 cm³/mol. The molecule has 4 nitrogen and oxygen atoms in total. The quantitative estimate of drug-likeness (QED) is 0.776. The van der Waals surface area contributed by atoms with Gasteiger partial charge in [0.05, 0.1) is 13.0 Å². The van der Waals surface area contributed by atoms with Gasteiger partial charge in [-0.05, 0) is 30.7 Å². The van der Waals surface area contributed by atoms with Crippen LogP contribution >= 0.6 is 11.3 Å². The summed E-state index contributed by atoms with van der Waals surface area (Å²) in [5, 5.41) is 2.05. The smallest absolute Gasteiger partial charge is 0.310 e. The molecule has 0 bridgehead atoms. The van der Waals surface area contributed by atoms with Crippen molar-refractivity contribution in [2.24, 2.45) is 5.92 Å². The van der Waals surface area contributed by atoms with Gasteiger partial charge in [-0.25, -0.2) is 0 Å². The largest absolute Gasteiger partial charge is 0.469 e. The van der Waals surface area contributed by atoms with Gasteiger partial charge < -0.3 is 9.64 Å². The summed E-state index contributed by atoms with van der Waals surface area (Å²) < 4.78 is 4.72. The van der Waals surface area contributed by atoms with E-state index in [1.807, 2.05) is 6.07 Å².